The monoisotopic (exact) mass is 641 g/mol. The number of halogens is 3. The third-order valence-electron chi connectivity index (χ3n) is 7.00. The Bertz CT molecular complexity index is 1460. The number of aliphatic hydroxyl groups is 1. The molecule has 42 heavy (non-hydrogen) atoms. The molecule has 0 saturated carbocycles. The SMILES string of the molecule is O=C(NCc1ccccc1-c1ccc(C2OC(CSc3ccccc3)CC(c3ccc(CO)cc3)O2)cc1)C(Cl)(Cl)Cl. The van der Waals surface area contributed by atoms with E-state index >= 15 is 0 Å². The van der Waals surface area contributed by atoms with Crippen LogP contribution in [0.5, 0.6) is 0 Å². The molecule has 3 unspecified atom stereocenters. The molecule has 2 N–H and O–H groups in total. The quantitative estimate of drug-likeness (QED) is 0.142. The first-order chi connectivity index (χ1) is 20.3. The van der Waals surface area contributed by atoms with E-state index in [0.29, 0.717) is 0 Å². The molecule has 1 aliphatic heterocycles. The maximum atomic E-state index is 12.1. The minimum Gasteiger partial charge on any atom is -0.392 e. The van der Waals surface area contributed by atoms with Crippen LogP contribution >= 0.6 is 46.6 Å². The van der Waals surface area contributed by atoms with Crippen molar-refractivity contribution in [2.75, 3.05) is 5.75 Å². The van der Waals surface area contributed by atoms with Crippen LogP contribution in [0.25, 0.3) is 11.1 Å². The number of ether oxygens (including phenoxy) is 2. The summed E-state index contributed by atoms with van der Waals surface area (Å²) in [6.07, 6.45) is -0.00564. The molecule has 0 aliphatic carbocycles. The minimum absolute atomic E-state index is 0.00261. The van der Waals surface area contributed by atoms with Crippen LogP contribution < -0.4 is 5.32 Å². The van der Waals surface area contributed by atoms with Crippen molar-refractivity contribution in [3.63, 3.8) is 0 Å². The normalized spacial score (nSPS) is 18.9. The van der Waals surface area contributed by atoms with E-state index < -0.39 is 16.0 Å². The fraction of sp³-hybridized carbons (Fsp3) is 0.242. The molecule has 1 fully saturated rings. The summed E-state index contributed by atoms with van der Waals surface area (Å²) in [6.45, 7) is 0.222. The van der Waals surface area contributed by atoms with Crippen LogP contribution in [0.2, 0.25) is 0 Å². The molecule has 0 aromatic heterocycles. The number of alkyl halides is 3. The maximum Gasteiger partial charge on any atom is 0.272 e. The second-order valence-electron chi connectivity index (χ2n) is 9.93. The van der Waals surface area contributed by atoms with Gasteiger partial charge in [0.15, 0.2) is 6.29 Å². The van der Waals surface area contributed by atoms with Crippen LogP contribution in [0.15, 0.2) is 108 Å². The summed E-state index contributed by atoms with van der Waals surface area (Å²) in [7, 11) is 0. The Kier molecular flexibility index (Phi) is 10.5. The van der Waals surface area contributed by atoms with Gasteiger partial charge in [-0.3, -0.25) is 4.79 Å². The lowest BCUT2D eigenvalue weighted by Crippen LogP contribution is -2.34. The van der Waals surface area contributed by atoms with Gasteiger partial charge in [0, 0.05) is 29.2 Å². The second kappa shape index (κ2) is 14.3. The molecule has 9 heteroatoms. The minimum atomic E-state index is -2.02. The smallest absolute Gasteiger partial charge is 0.272 e. The van der Waals surface area contributed by atoms with Crippen molar-refractivity contribution in [3.05, 3.63) is 125 Å². The highest BCUT2D eigenvalue weighted by atomic mass is 35.6. The average molecular weight is 643 g/mol. The molecular formula is C33H30Cl3NO4S. The molecule has 0 bridgehead atoms. The van der Waals surface area contributed by atoms with Gasteiger partial charge in [0.2, 0.25) is 0 Å². The predicted octanol–water partition coefficient (Wildman–Crippen LogP) is 8.17. The van der Waals surface area contributed by atoms with E-state index in [9.17, 15) is 9.90 Å². The van der Waals surface area contributed by atoms with Gasteiger partial charge in [0.1, 0.15) is 0 Å². The van der Waals surface area contributed by atoms with E-state index in [1.54, 1.807) is 11.8 Å². The van der Waals surface area contributed by atoms with Crippen LogP contribution in [0.1, 0.15) is 41.1 Å². The third kappa shape index (κ3) is 8.08. The Morgan fingerprint density at radius 2 is 1.52 bits per heavy atom. The number of benzene rings is 4. The number of hydrogen-bond acceptors (Lipinski definition) is 5. The number of carbonyl (C=O) groups is 1. The number of amides is 1. The van der Waals surface area contributed by atoms with Gasteiger partial charge in [0.05, 0.1) is 18.8 Å². The highest BCUT2D eigenvalue weighted by Gasteiger charge is 2.32. The van der Waals surface area contributed by atoms with Gasteiger partial charge in [-0.25, -0.2) is 0 Å². The topological polar surface area (TPSA) is 67.8 Å². The largest absolute Gasteiger partial charge is 0.392 e. The molecule has 1 amide bonds. The van der Waals surface area contributed by atoms with Gasteiger partial charge in [-0.1, -0.05) is 126 Å². The van der Waals surface area contributed by atoms with Gasteiger partial charge in [-0.2, -0.15) is 0 Å². The lowest BCUT2D eigenvalue weighted by atomic mass is 9.98. The van der Waals surface area contributed by atoms with Crippen LogP contribution in [0.3, 0.4) is 0 Å². The number of rotatable bonds is 9. The van der Waals surface area contributed by atoms with Crippen molar-refractivity contribution in [3.8, 4) is 11.1 Å². The highest BCUT2D eigenvalue weighted by molar-refractivity contribution is 7.99. The van der Waals surface area contributed by atoms with Gasteiger partial charge >= 0.3 is 0 Å². The van der Waals surface area contributed by atoms with Gasteiger partial charge < -0.3 is 19.9 Å². The first kappa shape index (κ1) is 30.9. The summed E-state index contributed by atoms with van der Waals surface area (Å²) < 4.78 is 11.0. The van der Waals surface area contributed by atoms with Gasteiger partial charge in [-0.05, 0) is 39.9 Å². The maximum absolute atomic E-state index is 12.1. The Labute approximate surface area is 265 Å². The van der Waals surface area contributed by atoms with Crippen molar-refractivity contribution >= 4 is 52.5 Å². The van der Waals surface area contributed by atoms with Gasteiger partial charge in [0.25, 0.3) is 9.70 Å². The van der Waals surface area contributed by atoms with Crippen LogP contribution in [-0.2, 0) is 27.4 Å². The molecule has 0 radical (unpaired) electrons. The summed E-state index contributed by atoms with van der Waals surface area (Å²) in [6, 6.07) is 34.0. The summed E-state index contributed by atoms with van der Waals surface area (Å²) in [5, 5.41) is 12.1. The molecule has 5 nitrogen and oxygen atoms in total. The average Bonchev–Trinajstić information content (AvgIpc) is 3.03. The number of thioether (sulfide) groups is 1. The highest BCUT2D eigenvalue weighted by Crippen LogP contribution is 2.40. The molecule has 3 atom stereocenters. The van der Waals surface area contributed by atoms with Gasteiger partial charge in [-0.15, -0.1) is 11.8 Å². The molecular weight excluding hydrogens is 613 g/mol. The standard InChI is InChI=1S/C33H30Cl3NO4S/c34-33(35,36)32(39)37-19-26-6-4-5-9-29(26)23-14-16-25(17-15-23)31-40-27(21-42-28-7-2-1-3-8-28)18-30(41-31)24-12-10-22(20-38)11-13-24/h1-17,27,30-31,38H,18-21H2,(H,37,39). The zero-order valence-electron chi connectivity index (χ0n) is 22.6. The van der Waals surface area contributed by atoms with Crippen molar-refractivity contribution in [2.45, 2.75) is 46.8 Å². The molecule has 1 aliphatic rings. The van der Waals surface area contributed by atoms with E-state index in [0.717, 1.165) is 45.6 Å². The van der Waals surface area contributed by atoms with E-state index in [-0.39, 0.29) is 25.4 Å². The van der Waals surface area contributed by atoms with Crippen molar-refractivity contribution in [1.29, 1.82) is 0 Å². The summed E-state index contributed by atoms with van der Waals surface area (Å²) in [4.78, 5) is 13.3. The summed E-state index contributed by atoms with van der Waals surface area (Å²) in [5.41, 5.74) is 5.65. The lowest BCUT2D eigenvalue weighted by molar-refractivity contribution is -0.245. The van der Waals surface area contributed by atoms with Crippen molar-refractivity contribution < 1.29 is 19.4 Å². The van der Waals surface area contributed by atoms with E-state index in [2.05, 4.69) is 17.4 Å². The van der Waals surface area contributed by atoms with Crippen LogP contribution in [0, 0.1) is 0 Å². The number of hydrogen-bond donors (Lipinski definition) is 2. The zero-order valence-corrected chi connectivity index (χ0v) is 25.7. The fourth-order valence-corrected chi connectivity index (χ4v) is 5.92. The zero-order chi connectivity index (χ0) is 29.5. The predicted molar refractivity (Wildman–Crippen MR) is 170 cm³/mol. The van der Waals surface area contributed by atoms with E-state index in [1.807, 2.05) is 91.0 Å². The van der Waals surface area contributed by atoms with Crippen LogP contribution in [-0.4, -0.2) is 26.7 Å². The second-order valence-corrected chi connectivity index (χ2v) is 13.3. The van der Waals surface area contributed by atoms with Crippen LogP contribution in [0.4, 0.5) is 0 Å². The molecule has 0 spiro atoms. The van der Waals surface area contributed by atoms with Crippen molar-refractivity contribution in [1.82, 2.24) is 5.32 Å². The molecule has 1 heterocycles. The third-order valence-corrected chi connectivity index (χ3v) is 8.66. The lowest BCUT2D eigenvalue weighted by Gasteiger charge is -2.36. The molecule has 218 valence electrons. The Morgan fingerprint density at radius 1 is 0.857 bits per heavy atom. The molecule has 4 aromatic carbocycles. The number of aliphatic hydroxyl groups excluding tert-OH is 1. The summed E-state index contributed by atoms with van der Waals surface area (Å²) in [5.74, 6) is 0.116. The molecule has 4 aromatic rings. The number of carbonyl (C=O) groups excluding carboxylic acids is 1. The van der Waals surface area contributed by atoms with Crippen molar-refractivity contribution in [2.24, 2.45) is 0 Å². The molecule has 1 saturated heterocycles. The Morgan fingerprint density at radius 3 is 2.21 bits per heavy atom. The first-order valence-electron chi connectivity index (χ1n) is 13.5. The van der Waals surface area contributed by atoms with E-state index in [4.69, 9.17) is 44.3 Å². The first-order valence-corrected chi connectivity index (χ1v) is 15.6. The van der Waals surface area contributed by atoms with E-state index in [1.165, 1.54) is 4.90 Å². The number of nitrogens with one attached hydrogen (secondary N) is 1. The summed E-state index contributed by atoms with van der Waals surface area (Å²) >= 11 is 18.9. The Hall–Kier alpha value is -2.55. The Balaban J connectivity index is 1.34. The fourth-order valence-electron chi connectivity index (χ4n) is 4.78. The molecule has 5 rings (SSSR count).